The van der Waals surface area contributed by atoms with E-state index in [1.54, 1.807) is 48.5 Å². The van der Waals surface area contributed by atoms with Gasteiger partial charge in [-0.1, -0.05) is 54.1 Å². The molecule has 0 amide bonds. The third-order valence-electron chi connectivity index (χ3n) is 2.71. The first-order valence-electron chi connectivity index (χ1n) is 5.52. The van der Waals surface area contributed by atoms with Gasteiger partial charge in [-0.15, -0.1) is 0 Å². The molecule has 0 aromatic heterocycles. The van der Waals surface area contributed by atoms with E-state index in [0.717, 1.165) is 0 Å². The molecule has 0 N–H and O–H groups in total. The molecule has 0 saturated heterocycles. The van der Waals surface area contributed by atoms with Crippen molar-refractivity contribution in [3.8, 4) is 0 Å². The Morgan fingerprint density at radius 1 is 1.00 bits per heavy atom. The molecule has 0 bridgehead atoms. The molecule has 0 radical (unpaired) electrons. The minimum atomic E-state index is -0.773. The van der Waals surface area contributed by atoms with Crippen LogP contribution in [-0.2, 0) is 4.79 Å². The highest BCUT2D eigenvalue weighted by molar-refractivity contribution is 6.30. The van der Waals surface area contributed by atoms with E-state index in [1.807, 2.05) is 6.07 Å². The van der Waals surface area contributed by atoms with Crippen molar-refractivity contribution < 1.29 is 9.59 Å². The molecule has 1 atom stereocenters. The maximum Gasteiger partial charge on any atom is 0.177 e. The number of benzene rings is 2. The van der Waals surface area contributed by atoms with Crippen molar-refractivity contribution in [1.82, 2.24) is 0 Å². The van der Waals surface area contributed by atoms with Crippen LogP contribution in [0.3, 0.4) is 0 Å². The lowest BCUT2D eigenvalue weighted by atomic mass is 9.92. The second-order valence-electron chi connectivity index (χ2n) is 3.90. The van der Waals surface area contributed by atoms with Crippen LogP contribution >= 0.6 is 11.6 Å². The van der Waals surface area contributed by atoms with Gasteiger partial charge < -0.3 is 4.79 Å². The lowest BCUT2D eigenvalue weighted by molar-refractivity contribution is -0.108. The highest BCUT2D eigenvalue weighted by Gasteiger charge is 2.20. The monoisotopic (exact) mass is 258 g/mol. The Morgan fingerprint density at radius 2 is 1.61 bits per heavy atom. The summed E-state index contributed by atoms with van der Waals surface area (Å²) in [6, 6.07) is 15.5. The standard InChI is InChI=1S/C15H11ClO2/c16-13-8-6-11(7-9-13)14(10-17)15(18)12-4-2-1-3-5-12/h1-10,14H. The van der Waals surface area contributed by atoms with Gasteiger partial charge in [0.05, 0.1) is 0 Å². The lowest BCUT2D eigenvalue weighted by Gasteiger charge is -2.09. The average Bonchev–Trinajstić information content (AvgIpc) is 2.42. The molecule has 2 nitrogen and oxygen atoms in total. The van der Waals surface area contributed by atoms with E-state index in [1.165, 1.54) is 0 Å². The smallest absolute Gasteiger partial charge is 0.177 e. The normalized spacial score (nSPS) is 11.8. The average molecular weight is 259 g/mol. The third-order valence-corrected chi connectivity index (χ3v) is 2.96. The van der Waals surface area contributed by atoms with Crippen LogP contribution in [0.4, 0.5) is 0 Å². The summed E-state index contributed by atoms with van der Waals surface area (Å²) < 4.78 is 0. The highest BCUT2D eigenvalue weighted by atomic mass is 35.5. The van der Waals surface area contributed by atoms with Crippen LogP contribution in [0.5, 0.6) is 0 Å². The Balaban J connectivity index is 2.32. The van der Waals surface area contributed by atoms with Gasteiger partial charge in [-0.25, -0.2) is 0 Å². The Bertz CT molecular complexity index is 546. The van der Waals surface area contributed by atoms with Gasteiger partial charge >= 0.3 is 0 Å². The van der Waals surface area contributed by atoms with Crippen LogP contribution in [0.2, 0.25) is 5.02 Å². The first kappa shape index (κ1) is 12.5. The van der Waals surface area contributed by atoms with Crippen molar-refractivity contribution in [2.75, 3.05) is 0 Å². The second-order valence-corrected chi connectivity index (χ2v) is 4.33. The summed E-state index contributed by atoms with van der Waals surface area (Å²) in [7, 11) is 0. The number of carbonyl (C=O) groups is 2. The predicted octanol–water partition coefficient (Wildman–Crippen LogP) is 3.51. The molecule has 0 saturated carbocycles. The van der Waals surface area contributed by atoms with E-state index in [2.05, 4.69) is 0 Å². The SMILES string of the molecule is O=CC(C(=O)c1ccccc1)c1ccc(Cl)cc1. The summed E-state index contributed by atoms with van der Waals surface area (Å²) >= 11 is 5.78. The zero-order valence-corrected chi connectivity index (χ0v) is 10.3. The number of aldehydes is 1. The van der Waals surface area contributed by atoms with E-state index in [0.29, 0.717) is 22.4 Å². The van der Waals surface area contributed by atoms with E-state index >= 15 is 0 Å². The maximum atomic E-state index is 12.2. The fourth-order valence-electron chi connectivity index (χ4n) is 1.74. The first-order chi connectivity index (χ1) is 8.72. The molecule has 0 heterocycles. The van der Waals surface area contributed by atoms with Crippen LogP contribution in [0.15, 0.2) is 54.6 Å². The molecule has 3 heteroatoms. The predicted molar refractivity (Wildman–Crippen MR) is 71.0 cm³/mol. The van der Waals surface area contributed by atoms with Gasteiger partial charge in [0.25, 0.3) is 0 Å². The van der Waals surface area contributed by atoms with E-state index < -0.39 is 5.92 Å². The minimum absolute atomic E-state index is 0.201. The molecule has 90 valence electrons. The Kier molecular flexibility index (Phi) is 3.90. The van der Waals surface area contributed by atoms with Crippen molar-refractivity contribution >= 4 is 23.7 Å². The third kappa shape index (κ3) is 2.66. The van der Waals surface area contributed by atoms with Crippen LogP contribution in [0.1, 0.15) is 21.8 Å². The van der Waals surface area contributed by atoms with Crippen molar-refractivity contribution in [3.05, 3.63) is 70.7 Å². The van der Waals surface area contributed by atoms with Gasteiger partial charge in [0.1, 0.15) is 12.2 Å². The molecular formula is C15H11ClO2. The van der Waals surface area contributed by atoms with Gasteiger partial charge in [-0.2, -0.15) is 0 Å². The minimum Gasteiger partial charge on any atom is -0.302 e. The van der Waals surface area contributed by atoms with Crippen LogP contribution in [0.25, 0.3) is 0 Å². The fourth-order valence-corrected chi connectivity index (χ4v) is 1.87. The van der Waals surface area contributed by atoms with E-state index in [9.17, 15) is 9.59 Å². The first-order valence-corrected chi connectivity index (χ1v) is 5.90. The molecule has 2 rings (SSSR count). The van der Waals surface area contributed by atoms with Crippen LogP contribution < -0.4 is 0 Å². The molecule has 0 aliphatic rings. The molecule has 2 aromatic rings. The molecule has 18 heavy (non-hydrogen) atoms. The van der Waals surface area contributed by atoms with Crippen molar-refractivity contribution in [2.45, 2.75) is 5.92 Å². The number of rotatable bonds is 4. The molecule has 0 aliphatic carbocycles. The van der Waals surface area contributed by atoms with Crippen molar-refractivity contribution in [3.63, 3.8) is 0 Å². The second kappa shape index (κ2) is 5.61. The molecule has 0 fully saturated rings. The number of hydrogen-bond donors (Lipinski definition) is 0. The van der Waals surface area contributed by atoms with Gasteiger partial charge in [0.15, 0.2) is 5.78 Å². The fraction of sp³-hybridized carbons (Fsp3) is 0.0667. The molecule has 2 aromatic carbocycles. The Hall–Kier alpha value is -1.93. The zero-order valence-electron chi connectivity index (χ0n) is 9.55. The van der Waals surface area contributed by atoms with Gasteiger partial charge in [0, 0.05) is 10.6 Å². The molecule has 0 spiro atoms. The van der Waals surface area contributed by atoms with Gasteiger partial charge in [-0.3, -0.25) is 4.79 Å². The summed E-state index contributed by atoms with van der Waals surface area (Å²) in [4.78, 5) is 23.3. The molecule has 0 aliphatic heterocycles. The van der Waals surface area contributed by atoms with Gasteiger partial charge in [0.2, 0.25) is 0 Å². The number of carbonyl (C=O) groups excluding carboxylic acids is 2. The van der Waals surface area contributed by atoms with Crippen molar-refractivity contribution in [2.24, 2.45) is 0 Å². The maximum absolute atomic E-state index is 12.2. The van der Waals surface area contributed by atoms with Gasteiger partial charge in [-0.05, 0) is 17.7 Å². The highest BCUT2D eigenvalue weighted by Crippen LogP contribution is 2.21. The largest absolute Gasteiger partial charge is 0.302 e. The summed E-state index contributed by atoms with van der Waals surface area (Å²) in [6.07, 6.45) is 0.665. The topological polar surface area (TPSA) is 34.1 Å². The summed E-state index contributed by atoms with van der Waals surface area (Å²) in [5, 5.41) is 0.579. The van der Waals surface area contributed by atoms with E-state index in [4.69, 9.17) is 11.6 Å². The van der Waals surface area contributed by atoms with Crippen LogP contribution in [0, 0.1) is 0 Å². The number of hydrogen-bond acceptors (Lipinski definition) is 2. The summed E-state index contributed by atoms with van der Waals surface area (Å²) in [5.74, 6) is -0.974. The van der Waals surface area contributed by atoms with Crippen LogP contribution in [-0.4, -0.2) is 12.1 Å². The summed E-state index contributed by atoms with van der Waals surface area (Å²) in [6.45, 7) is 0. The lowest BCUT2D eigenvalue weighted by Crippen LogP contribution is -2.14. The Labute approximate surface area is 110 Å². The number of ketones is 1. The Morgan fingerprint density at radius 3 is 2.17 bits per heavy atom. The summed E-state index contributed by atoms with van der Waals surface area (Å²) in [5.41, 5.74) is 1.19. The number of Topliss-reactive ketones (excluding diaryl/α,β-unsaturated/α-hetero) is 1. The molecule has 1 unspecified atom stereocenters. The number of halogens is 1. The quantitative estimate of drug-likeness (QED) is 0.478. The zero-order chi connectivity index (χ0) is 13.0. The van der Waals surface area contributed by atoms with Crippen molar-refractivity contribution in [1.29, 1.82) is 0 Å². The van der Waals surface area contributed by atoms with E-state index in [-0.39, 0.29) is 5.78 Å². The molecular weight excluding hydrogens is 248 g/mol.